The highest BCUT2D eigenvalue weighted by molar-refractivity contribution is 5.25. The van der Waals surface area contributed by atoms with Crippen molar-refractivity contribution in [3.05, 3.63) is 29.6 Å². The minimum Gasteiger partial charge on any atom is -0.394 e. The van der Waals surface area contributed by atoms with Crippen molar-refractivity contribution in [3.63, 3.8) is 0 Å². The number of aliphatic hydroxyl groups excluding tert-OH is 1. The van der Waals surface area contributed by atoms with E-state index in [4.69, 9.17) is 0 Å². The van der Waals surface area contributed by atoms with Crippen LogP contribution in [0, 0.1) is 6.92 Å². The van der Waals surface area contributed by atoms with Gasteiger partial charge in [0, 0.05) is 18.4 Å². The van der Waals surface area contributed by atoms with Gasteiger partial charge in [-0.15, -0.1) is 0 Å². The first kappa shape index (κ1) is 9.62. The van der Waals surface area contributed by atoms with Crippen LogP contribution in [0.2, 0.25) is 0 Å². The van der Waals surface area contributed by atoms with Gasteiger partial charge in [-0.05, 0) is 37.0 Å². The molecule has 1 aliphatic carbocycles. The van der Waals surface area contributed by atoms with Crippen LogP contribution in [-0.2, 0) is 0 Å². The maximum Gasteiger partial charge on any atom is 0.0627 e. The SMILES string of the molecule is Cc1ccncc1C(CO)NC1CC1. The van der Waals surface area contributed by atoms with Crippen LogP contribution in [0.4, 0.5) is 0 Å². The van der Waals surface area contributed by atoms with Gasteiger partial charge in [-0.25, -0.2) is 0 Å². The highest BCUT2D eigenvalue weighted by Crippen LogP contribution is 2.24. The normalized spacial score (nSPS) is 18.1. The van der Waals surface area contributed by atoms with E-state index in [9.17, 15) is 5.11 Å². The summed E-state index contributed by atoms with van der Waals surface area (Å²) in [4.78, 5) is 4.09. The number of pyridine rings is 1. The maximum absolute atomic E-state index is 9.29. The standard InChI is InChI=1S/C11H16N2O/c1-8-4-5-12-6-10(8)11(7-14)13-9-2-3-9/h4-6,9,11,13-14H,2-3,7H2,1H3. The molecule has 76 valence electrons. The molecule has 0 bridgehead atoms. The second kappa shape index (κ2) is 4.07. The molecule has 0 saturated heterocycles. The molecule has 1 heterocycles. The minimum absolute atomic E-state index is 0.0520. The van der Waals surface area contributed by atoms with E-state index in [0.29, 0.717) is 6.04 Å². The average Bonchev–Trinajstić information content (AvgIpc) is 2.99. The van der Waals surface area contributed by atoms with Crippen molar-refractivity contribution < 1.29 is 5.11 Å². The third-order valence-electron chi connectivity index (χ3n) is 2.65. The lowest BCUT2D eigenvalue weighted by molar-refractivity contribution is 0.242. The molecular weight excluding hydrogens is 176 g/mol. The molecule has 14 heavy (non-hydrogen) atoms. The van der Waals surface area contributed by atoms with Crippen molar-refractivity contribution >= 4 is 0 Å². The summed E-state index contributed by atoms with van der Waals surface area (Å²) >= 11 is 0. The molecule has 2 N–H and O–H groups in total. The van der Waals surface area contributed by atoms with Gasteiger partial charge in [0.1, 0.15) is 0 Å². The third kappa shape index (κ3) is 2.11. The zero-order chi connectivity index (χ0) is 9.97. The Morgan fingerprint density at radius 1 is 1.64 bits per heavy atom. The van der Waals surface area contributed by atoms with Gasteiger partial charge in [0.25, 0.3) is 0 Å². The van der Waals surface area contributed by atoms with Gasteiger partial charge in [0.2, 0.25) is 0 Å². The summed E-state index contributed by atoms with van der Waals surface area (Å²) in [5.41, 5.74) is 2.30. The fourth-order valence-corrected chi connectivity index (χ4v) is 1.62. The minimum atomic E-state index is 0.0520. The van der Waals surface area contributed by atoms with E-state index in [1.165, 1.54) is 18.4 Å². The van der Waals surface area contributed by atoms with Crippen LogP contribution in [0.15, 0.2) is 18.5 Å². The number of hydrogen-bond acceptors (Lipinski definition) is 3. The van der Waals surface area contributed by atoms with E-state index >= 15 is 0 Å². The molecule has 1 fully saturated rings. The molecule has 0 aliphatic heterocycles. The monoisotopic (exact) mass is 192 g/mol. The average molecular weight is 192 g/mol. The van der Waals surface area contributed by atoms with Crippen molar-refractivity contribution in [1.29, 1.82) is 0 Å². The summed E-state index contributed by atoms with van der Waals surface area (Å²) < 4.78 is 0. The smallest absolute Gasteiger partial charge is 0.0627 e. The first-order chi connectivity index (χ1) is 6.81. The third-order valence-corrected chi connectivity index (χ3v) is 2.65. The predicted molar refractivity (Wildman–Crippen MR) is 55.0 cm³/mol. The molecule has 1 aromatic heterocycles. The lowest BCUT2D eigenvalue weighted by atomic mass is 10.0. The molecule has 0 radical (unpaired) electrons. The summed E-state index contributed by atoms with van der Waals surface area (Å²) in [5.74, 6) is 0. The molecule has 1 atom stereocenters. The predicted octanol–water partition coefficient (Wildman–Crippen LogP) is 1.18. The molecule has 1 aliphatic rings. The second-order valence-electron chi connectivity index (χ2n) is 3.91. The molecule has 0 spiro atoms. The van der Waals surface area contributed by atoms with Crippen LogP contribution >= 0.6 is 0 Å². The fraction of sp³-hybridized carbons (Fsp3) is 0.545. The summed E-state index contributed by atoms with van der Waals surface area (Å²) in [6.07, 6.45) is 6.08. The zero-order valence-electron chi connectivity index (χ0n) is 8.40. The molecule has 1 saturated carbocycles. The number of aryl methyl sites for hydroxylation is 1. The van der Waals surface area contributed by atoms with Crippen LogP contribution in [0.3, 0.4) is 0 Å². The van der Waals surface area contributed by atoms with Gasteiger partial charge in [-0.3, -0.25) is 4.98 Å². The van der Waals surface area contributed by atoms with E-state index in [1.54, 1.807) is 6.20 Å². The van der Waals surface area contributed by atoms with Crippen LogP contribution < -0.4 is 5.32 Å². The molecule has 1 aromatic rings. The van der Waals surface area contributed by atoms with E-state index < -0.39 is 0 Å². The molecule has 1 unspecified atom stereocenters. The summed E-state index contributed by atoms with van der Waals surface area (Å²) in [6.45, 7) is 2.19. The Hall–Kier alpha value is -0.930. The van der Waals surface area contributed by atoms with Crippen molar-refractivity contribution in [2.45, 2.75) is 31.8 Å². The second-order valence-corrected chi connectivity index (χ2v) is 3.91. The largest absolute Gasteiger partial charge is 0.394 e. The number of nitrogens with one attached hydrogen (secondary N) is 1. The Labute approximate surface area is 84.2 Å². The highest BCUT2D eigenvalue weighted by Gasteiger charge is 2.25. The van der Waals surface area contributed by atoms with E-state index in [0.717, 1.165) is 5.56 Å². The molecular formula is C11H16N2O. The number of aliphatic hydroxyl groups is 1. The number of nitrogens with zero attached hydrogens (tertiary/aromatic N) is 1. The Morgan fingerprint density at radius 3 is 3.00 bits per heavy atom. The summed E-state index contributed by atoms with van der Waals surface area (Å²) in [5, 5.41) is 12.7. The topological polar surface area (TPSA) is 45.2 Å². The lowest BCUT2D eigenvalue weighted by Gasteiger charge is -2.17. The first-order valence-electron chi connectivity index (χ1n) is 5.08. The molecule has 3 heteroatoms. The Kier molecular flexibility index (Phi) is 2.79. The maximum atomic E-state index is 9.29. The van der Waals surface area contributed by atoms with Gasteiger partial charge < -0.3 is 10.4 Å². The highest BCUT2D eigenvalue weighted by atomic mass is 16.3. The summed E-state index contributed by atoms with van der Waals surface area (Å²) in [6, 6.07) is 2.63. The van der Waals surface area contributed by atoms with Gasteiger partial charge in [0.05, 0.1) is 12.6 Å². The Balaban J connectivity index is 2.12. The van der Waals surface area contributed by atoms with Gasteiger partial charge >= 0.3 is 0 Å². The fourth-order valence-electron chi connectivity index (χ4n) is 1.62. The van der Waals surface area contributed by atoms with Crippen LogP contribution in [0.5, 0.6) is 0 Å². The Bertz CT molecular complexity index is 310. The molecule has 3 nitrogen and oxygen atoms in total. The molecule has 0 amide bonds. The van der Waals surface area contributed by atoms with Gasteiger partial charge in [-0.2, -0.15) is 0 Å². The van der Waals surface area contributed by atoms with E-state index in [2.05, 4.69) is 10.3 Å². The van der Waals surface area contributed by atoms with Crippen molar-refractivity contribution in [2.75, 3.05) is 6.61 Å². The van der Waals surface area contributed by atoms with E-state index in [1.807, 2.05) is 19.2 Å². The molecule has 2 rings (SSSR count). The summed E-state index contributed by atoms with van der Waals surface area (Å²) in [7, 11) is 0. The van der Waals surface area contributed by atoms with Crippen LogP contribution in [0.1, 0.15) is 30.0 Å². The number of aromatic nitrogens is 1. The number of rotatable bonds is 4. The van der Waals surface area contributed by atoms with Gasteiger partial charge in [-0.1, -0.05) is 0 Å². The van der Waals surface area contributed by atoms with Crippen molar-refractivity contribution in [3.8, 4) is 0 Å². The van der Waals surface area contributed by atoms with Crippen molar-refractivity contribution in [2.24, 2.45) is 0 Å². The van der Waals surface area contributed by atoms with Gasteiger partial charge in [0.15, 0.2) is 0 Å². The van der Waals surface area contributed by atoms with Crippen LogP contribution in [0.25, 0.3) is 0 Å². The number of hydrogen-bond donors (Lipinski definition) is 2. The lowest BCUT2D eigenvalue weighted by Crippen LogP contribution is -2.27. The van der Waals surface area contributed by atoms with Crippen LogP contribution in [-0.4, -0.2) is 22.7 Å². The quantitative estimate of drug-likeness (QED) is 0.753. The van der Waals surface area contributed by atoms with E-state index in [-0.39, 0.29) is 12.6 Å². The molecule has 0 aromatic carbocycles. The Morgan fingerprint density at radius 2 is 2.43 bits per heavy atom. The zero-order valence-corrected chi connectivity index (χ0v) is 8.40. The first-order valence-corrected chi connectivity index (χ1v) is 5.08. The van der Waals surface area contributed by atoms with Crippen molar-refractivity contribution in [1.82, 2.24) is 10.3 Å².